The lowest BCUT2D eigenvalue weighted by atomic mass is 10.0. The van der Waals surface area contributed by atoms with Crippen LogP contribution in [0.1, 0.15) is 12.6 Å². The SMILES string of the molecule is C#CCON=C(C(=O)NC1C(=O)N2C(C(=O)O)=CC(C)S[C@@H]12)c1cccc(N)n1. The number of carbonyl (C=O) groups excluding carboxylic acids is 2. The van der Waals surface area contributed by atoms with Crippen LogP contribution < -0.4 is 11.1 Å². The number of rotatable bonds is 6. The van der Waals surface area contributed by atoms with Crippen molar-refractivity contribution < 1.29 is 24.3 Å². The minimum absolute atomic E-state index is 0.0968. The number of hydrogen-bond donors (Lipinski definition) is 3. The number of nitrogens with zero attached hydrogens (tertiary/aromatic N) is 3. The van der Waals surface area contributed by atoms with Gasteiger partial charge in [-0.05, 0) is 25.1 Å². The second-order valence-corrected chi connectivity index (χ2v) is 7.61. The Morgan fingerprint density at radius 1 is 1.52 bits per heavy atom. The maximum Gasteiger partial charge on any atom is 0.352 e. The number of carboxylic acid groups (broad SMARTS) is 1. The molecule has 11 heteroatoms. The van der Waals surface area contributed by atoms with Crippen LogP contribution in [0, 0.1) is 12.3 Å². The Labute approximate surface area is 170 Å². The Kier molecular flexibility index (Phi) is 5.74. The maximum atomic E-state index is 12.8. The summed E-state index contributed by atoms with van der Waals surface area (Å²) in [7, 11) is 0. The molecule has 10 nitrogen and oxygen atoms in total. The summed E-state index contributed by atoms with van der Waals surface area (Å²) in [6, 6.07) is 3.71. The van der Waals surface area contributed by atoms with Gasteiger partial charge in [-0.15, -0.1) is 18.2 Å². The van der Waals surface area contributed by atoms with Crippen molar-refractivity contribution in [1.29, 1.82) is 0 Å². The van der Waals surface area contributed by atoms with E-state index in [9.17, 15) is 19.5 Å². The molecule has 2 unspecified atom stereocenters. The molecule has 0 radical (unpaired) electrons. The van der Waals surface area contributed by atoms with Gasteiger partial charge in [-0.1, -0.05) is 17.1 Å². The normalized spacial score (nSPS) is 23.2. The molecule has 3 heterocycles. The van der Waals surface area contributed by atoms with Crippen molar-refractivity contribution >= 4 is 41.1 Å². The molecule has 3 rings (SSSR count). The molecule has 2 amide bonds. The molecule has 2 aliphatic rings. The van der Waals surface area contributed by atoms with E-state index in [4.69, 9.17) is 17.0 Å². The number of fused-ring (bicyclic) bond motifs is 1. The van der Waals surface area contributed by atoms with E-state index in [0.717, 1.165) is 4.90 Å². The molecule has 1 fully saturated rings. The molecular weight excluding hydrogens is 398 g/mol. The van der Waals surface area contributed by atoms with Crippen molar-refractivity contribution in [2.24, 2.45) is 5.16 Å². The first-order valence-corrected chi connectivity index (χ1v) is 9.38. The van der Waals surface area contributed by atoms with Gasteiger partial charge >= 0.3 is 5.97 Å². The van der Waals surface area contributed by atoms with E-state index in [1.165, 1.54) is 30.0 Å². The number of amides is 2. The van der Waals surface area contributed by atoms with Gasteiger partial charge in [0.25, 0.3) is 11.8 Å². The molecule has 1 saturated heterocycles. The van der Waals surface area contributed by atoms with Crippen LogP contribution in [0.4, 0.5) is 5.82 Å². The summed E-state index contributed by atoms with van der Waals surface area (Å²) in [5, 5.41) is 14.9. The lowest BCUT2D eigenvalue weighted by Gasteiger charge is -2.49. The number of hydrogen-bond acceptors (Lipinski definition) is 8. The van der Waals surface area contributed by atoms with Gasteiger partial charge in [-0.3, -0.25) is 14.5 Å². The topological polar surface area (TPSA) is 147 Å². The van der Waals surface area contributed by atoms with E-state index in [2.05, 4.69) is 21.4 Å². The summed E-state index contributed by atoms with van der Waals surface area (Å²) in [5.74, 6) is -0.0652. The number of nitrogen functional groups attached to an aromatic ring is 1. The quantitative estimate of drug-likeness (QED) is 0.190. The summed E-state index contributed by atoms with van der Waals surface area (Å²) in [4.78, 5) is 46.8. The number of nitrogens with one attached hydrogen (secondary N) is 1. The van der Waals surface area contributed by atoms with Crippen molar-refractivity contribution in [2.45, 2.75) is 23.6 Å². The molecule has 0 bridgehead atoms. The monoisotopic (exact) mass is 415 g/mol. The van der Waals surface area contributed by atoms with Crippen LogP contribution in [0.15, 0.2) is 35.1 Å². The number of oxime groups is 1. The van der Waals surface area contributed by atoms with Crippen LogP contribution in [0.5, 0.6) is 0 Å². The molecule has 0 aliphatic carbocycles. The first-order valence-electron chi connectivity index (χ1n) is 8.44. The Hall–Kier alpha value is -3.52. The van der Waals surface area contributed by atoms with E-state index in [-0.39, 0.29) is 34.8 Å². The highest BCUT2D eigenvalue weighted by molar-refractivity contribution is 8.00. The summed E-state index contributed by atoms with van der Waals surface area (Å²) >= 11 is 1.36. The van der Waals surface area contributed by atoms with Crippen molar-refractivity contribution in [3.05, 3.63) is 35.7 Å². The van der Waals surface area contributed by atoms with Gasteiger partial charge in [0.05, 0.1) is 0 Å². The Morgan fingerprint density at radius 2 is 2.28 bits per heavy atom. The van der Waals surface area contributed by atoms with Crippen LogP contribution in [-0.4, -0.2) is 61.8 Å². The smallest absolute Gasteiger partial charge is 0.352 e. The number of β-lactam (4-membered cyclic amide) rings is 1. The van der Waals surface area contributed by atoms with E-state index in [1.807, 2.05) is 6.92 Å². The number of aromatic nitrogens is 1. The van der Waals surface area contributed by atoms with Crippen LogP contribution in [0.3, 0.4) is 0 Å². The Morgan fingerprint density at radius 3 is 2.93 bits per heavy atom. The number of nitrogens with two attached hydrogens (primary N) is 1. The average Bonchev–Trinajstić information content (AvgIpc) is 2.68. The zero-order valence-electron chi connectivity index (χ0n) is 15.2. The van der Waals surface area contributed by atoms with Crippen LogP contribution >= 0.6 is 11.8 Å². The fourth-order valence-corrected chi connectivity index (χ4v) is 4.19. The molecule has 2 aliphatic heterocycles. The second-order valence-electron chi connectivity index (χ2n) is 6.11. The zero-order valence-corrected chi connectivity index (χ0v) is 16.0. The van der Waals surface area contributed by atoms with Crippen LogP contribution in [-0.2, 0) is 19.2 Å². The number of carboxylic acids is 1. The molecule has 0 spiro atoms. The standard InChI is InChI=1S/C18H17N5O5S/c1-3-7-28-22-13(10-5-4-6-12(19)20-10)15(24)21-14-16(25)23-11(18(26)27)8-9(2)29-17(14)23/h1,4-6,8-9,14,17H,7H2,2H3,(H2,19,20)(H,21,24)(H,26,27)/t9?,14?,17-/m0/s1. The molecule has 150 valence electrons. The van der Waals surface area contributed by atoms with Crippen molar-refractivity contribution in [2.75, 3.05) is 12.3 Å². The van der Waals surface area contributed by atoms with Gasteiger partial charge in [0, 0.05) is 5.25 Å². The van der Waals surface area contributed by atoms with Gasteiger partial charge in [0.15, 0.2) is 12.3 Å². The van der Waals surface area contributed by atoms with Crippen LogP contribution in [0.25, 0.3) is 0 Å². The number of pyridine rings is 1. The molecule has 3 atom stereocenters. The van der Waals surface area contributed by atoms with Crippen molar-refractivity contribution in [3.8, 4) is 12.3 Å². The predicted molar refractivity (Wildman–Crippen MR) is 105 cm³/mol. The molecule has 4 N–H and O–H groups in total. The van der Waals surface area contributed by atoms with Crippen LogP contribution in [0.2, 0.25) is 0 Å². The largest absolute Gasteiger partial charge is 0.477 e. The van der Waals surface area contributed by atoms with Gasteiger partial charge in [-0.2, -0.15) is 0 Å². The maximum absolute atomic E-state index is 12.8. The molecule has 1 aromatic heterocycles. The van der Waals surface area contributed by atoms with Gasteiger partial charge in [0.1, 0.15) is 28.6 Å². The first-order chi connectivity index (χ1) is 13.8. The molecule has 0 aromatic carbocycles. The second kappa shape index (κ2) is 8.24. The Bertz CT molecular complexity index is 970. The Balaban J connectivity index is 1.81. The molecular formula is C18H17N5O5S. The van der Waals surface area contributed by atoms with Crippen molar-refractivity contribution in [1.82, 2.24) is 15.2 Å². The summed E-state index contributed by atoms with van der Waals surface area (Å²) < 4.78 is 0. The number of thioether (sulfide) groups is 1. The molecule has 29 heavy (non-hydrogen) atoms. The van der Waals surface area contributed by atoms with Gasteiger partial charge < -0.3 is 21.0 Å². The number of carbonyl (C=O) groups is 3. The highest BCUT2D eigenvalue weighted by atomic mass is 32.2. The van der Waals surface area contributed by atoms with Gasteiger partial charge in [0.2, 0.25) is 0 Å². The number of aliphatic carboxylic acids is 1. The fraction of sp³-hybridized carbons (Fsp3) is 0.278. The third kappa shape index (κ3) is 4.02. The van der Waals surface area contributed by atoms with E-state index in [1.54, 1.807) is 6.07 Å². The first kappa shape index (κ1) is 20.2. The van der Waals surface area contributed by atoms with E-state index >= 15 is 0 Å². The fourth-order valence-electron chi connectivity index (χ4n) is 2.86. The third-order valence-corrected chi connectivity index (χ3v) is 5.41. The van der Waals surface area contributed by atoms with E-state index in [0.29, 0.717) is 0 Å². The average molecular weight is 415 g/mol. The third-order valence-electron chi connectivity index (χ3n) is 4.09. The lowest BCUT2D eigenvalue weighted by molar-refractivity contribution is -0.150. The summed E-state index contributed by atoms with van der Waals surface area (Å²) in [6.07, 6.45) is 6.62. The highest BCUT2D eigenvalue weighted by Gasteiger charge is 2.54. The van der Waals surface area contributed by atoms with Crippen molar-refractivity contribution in [3.63, 3.8) is 0 Å². The highest BCUT2D eigenvalue weighted by Crippen LogP contribution is 2.40. The molecule has 1 aromatic rings. The summed E-state index contributed by atoms with van der Waals surface area (Å²) in [5.41, 5.74) is 5.50. The predicted octanol–water partition coefficient (Wildman–Crippen LogP) is -0.225. The number of terminal acetylenes is 1. The molecule has 0 saturated carbocycles. The lowest BCUT2D eigenvalue weighted by Crippen LogP contribution is -2.71. The number of anilines is 1. The minimum atomic E-state index is -1.20. The van der Waals surface area contributed by atoms with Gasteiger partial charge in [-0.25, -0.2) is 9.78 Å². The summed E-state index contributed by atoms with van der Waals surface area (Å²) in [6.45, 7) is 1.64. The minimum Gasteiger partial charge on any atom is -0.477 e. The zero-order chi connectivity index (χ0) is 21.1. The van der Waals surface area contributed by atoms with E-state index < -0.39 is 29.2 Å².